The summed E-state index contributed by atoms with van der Waals surface area (Å²) in [5.41, 5.74) is -0.498. The number of methoxy groups -OCH3 is 1. The average Bonchev–Trinajstić information content (AvgIpc) is 2.25. The van der Waals surface area contributed by atoms with Crippen LogP contribution in [-0.4, -0.2) is 25.3 Å². The van der Waals surface area contributed by atoms with Gasteiger partial charge in [0.05, 0.1) is 10.7 Å². The number of hydrogen-bond acceptors (Lipinski definition) is 4. The summed E-state index contributed by atoms with van der Waals surface area (Å²) >= 11 is 2.14. The molecule has 0 fully saturated rings. The minimum Gasteiger partial charge on any atom is -0.497 e. The van der Waals surface area contributed by atoms with Crippen molar-refractivity contribution in [1.29, 1.82) is 0 Å². The Hall–Kier alpha value is -0.980. The molecule has 1 aromatic rings. The summed E-state index contributed by atoms with van der Waals surface area (Å²) in [4.78, 5) is 11.5. The van der Waals surface area contributed by atoms with Crippen molar-refractivity contribution in [3.8, 4) is 11.5 Å². The summed E-state index contributed by atoms with van der Waals surface area (Å²) in [5.74, 6) is 0.913. The smallest absolute Gasteiger partial charge is 0.344 e. The summed E-state index contributed by atoms with van der Waals surface area (Å²) in [5, 5.41) is 0. The molecule has 1 aromatic carbocycles. The van der Waals surface area contributed by atoms with Gasteiger partial charge in [0.1, 0.15) is 17.1 Å². The molecule has 5 heteroatoms. The molecule has 0 spiro atoms. The third kappa shape index (κ3) is 5.12. The van der Waals surface area contributed by atoms with Crippen LogP contribution in [0, 0.1) is 3.57 Å². The Morgan fingerprint density at radius 1 is 1.33 bits per heavy atom. The van der Waals surface area contributed by atoms with Crippen molar-refractivity contribution < 1.29 is 19.0 Å². The van der Waals surface area contributed by atoms with Gasteiger partial charge in [0, 0.05) is 6.07 Å². The van der Waals surface area contributed by atoms with E-state index in [4.69, 9.17) is 14.2 Å². The highest BCUT2D eigenvalue weighted by Gasteiger charge is 2.17. The van der Waals surface area contributed by atoms with E-state index < -0.39 is 5.60 Å². The Balaban J connectivity index is 2.60. The molecule has 0 aliphatic heterocycles. The molecule has 0 aliphatic carbocycles. The van der Waals surface area contributed by atoms with Gasteiger partial charge >= 0.3 is 5.97 Å². The van der Waals surface area contributed by atoms with Gasteiger partial charge < -0.3 is 14.2 Å². The van der Waals surface area contributed by atoms with Crippen molar-refractivity contribution in [3.05, 3.63) is 21.8 Å². The van der Waals surface area contributed by atoms with Crippen LogP contribution in [-0.2, 0) is 9.53 Å². The van der Waals surface area contributed by atoms with Crippen LogP contribution in [0.15, 0.2) is 18.2 Å². The highest BCUT2D eigenvalue weighted by molar-refractivity contribution is 14.1. The van der Waals surface area contributed by atoms with E-state index in [9.17, 15) is 4.79 Å². The first-order valence-corrected chi connectivity index (χ1v) is 6.58. The van der Waals surface area contributed by atoms with Crippen LogP contribution < -0.4 is 9.47 Å². The van der Waals surface area contributed by atoms with E-state index >= 15 is 0 Å². The molecule has 0 saturated carbocycles. The minimum atomic E-state index is -0.498. The van der Waals surface area contributed by atoms with Crippen molar-refractivity contribution in [2.24, 2.45) is 0 Å². The average molecular weight is 364 g/mol. The van der Waals surface area contributed by atoms with E-state index in [1.165, 1.54) is 0 Å². The molecule has 0 aliphatic rings. The van der Waals surface area contributed by atoms with Gasteiger partial charge in [-0.05, 0) is 55.5 Å². The molecular weight excluding hydrogens is 347 g/mol. The van der Waals surface area contributed by atoms with Gasteiger partial charge in [-0.25, -0.2) is 4.79 Å². The fourth-order valence-corrected chi connectivity index (χ4v) is 1.72. The zero-order valence-corrected chi connectivity index (χ0v) is 13.1. The third-order valence-corrected chi connectivity index (χ3v) is 2.80. The van der Waals surface area contributed by atoms with Gasteiger partial charge in [0.15, 0.2) is 6.61 Å². The predicted molar refractivity (Wildman–Crippen MR) is 77.1 cm³/mol. The van der Waals surface area contributed by atoms with Gasteiger partial charge in [-0.3, -0.25) is 0 Å². The molecule has 0 heterocycles. The molecule has 18 heavy (non-hydrogen) atoms. The fourth-order valence-electron chi connectivity index (χ4n) is 1.23. The molecular formula is C13H17IO4. The number of hydrogen-bond donors (Lipinski definition) is 0. The van der Waals surface area contributed by atoms with Crippen LogP contribution in [0.4, 0.5) is 0 Å². The van der Waals surface area contributed by atoms with Crippen molar-refractivity contribution in [2.75, 3.05) is 13.7 Å². The molecule has 4 nitrogen and oxygen atoms in total. The van der Waals surface area contributed by atoms with E-state index in [1.54, 1.807) is 13.2 Å². The van der Waals surface area contributed by atoms with Gasteiger partial charge in [-0.1, -0.05) is 0 Å². The number of ether oxygens (including phenoxy) is 3. The van der Waals surface area contributed by atoms with E-state index in [-0.39, 0.29) is 12.6 Å². The molecule has 0 amide bonds. The lowest BCUT2D eigenvalue weighted by Gasteiger charge is -2.19. The quantitative estimate of drug-likeness (QED) is 0.609. The third-order valence-electron chi connectivity index (χ3n) is 1.90. The van der Waals surface area contributed by atoms with Crippen molar-refractivity contribution in [2.45, 2.75) is 26.4 Å². The van der Waals surface area contributed by atoms with Crippen LogP contribution in [0.25, 0.3) is 0 Å². The summed E-state index contributed by atoms with van der Waals surface area (Å²) in [6.07, 6.45) is 0. The maximum atomic E-state index is 11.5. The molecule has 0 saturated heterocycles. The van der Waals surface area contributed by atoms with Crippen LogP contribution in [0.5, 0.6) is 11.5 Å². The van der Waals surface area contributed by atoms with Crippen LogP contribution in [0.2, 0.25) is 0 Å². The lowest BCUT2D eigenvalue weighted by Crippen LogP contribution is -2.27. The SMILES string of the molecule is COc1ccc(I)c(OCC(=O)OC(C)(C)C)c1. The second-order valence-electron chi connectivity index (χ2n) is 4.67. The number of benzene rings is 1. The van der Waals surface area contributed by atoms with Crippen LogP contribution >= 0.6 is 22.6 Å². The standard InChI is InChI=1S/C13H17IO4/c1-13(2,3)18-12(15)8-17-11-7-9(16-4)5-6-10(11)14/h5-7H,8H2,1-4H3. The monoisotopic (exact) mass is 364 g/mol. The maximum Gasteiger partial charge on any atom is 0.344 e. The molecule has 100 valence electrons. The van der Waals surface area contributed by atoms with Crippen LogP contribution in [0.1, 0.15) is 20.8 Å². The highest BCUT2D eigenvalue weighted by Crippen LogP contribution is 2.26. The molecule has 0 aromatic heterocycles. The zero-order chi connectivity index (χ0) is 13.8. The molecule has 0 unspecified atom stereocenters. The lowest BCUT2D eigenvalue weighted by atomic mass is 10.2. The second kappa shape index (κ2) is 6.26. The first kappa shape index (κ1) is 15.1. The first-order chi connectivity index (χ1) is 8.31. The normalized spacial score (nSPS) is 10.9. The fraction of sp³-hybridized carbons (Fsp3) is 0.462. The van der Waals surface area contributed by atoms with Gasteiger partial charge in [-0.15, -0.1) is 0 Å². The molecule has 1 rings (SSSR count). The molecule has 0 atom stereocenters. The summed E-state index contributed by atoms with van der Waals surface area (Å²) < 4.78 is 16.6. The summed E-state index contributed by atoms with van der Waals surface area (Å²) in [6.45, 7) is 5.35. The Morgan fingerprint density at radius 2 is 2.00 bits per heavy atom. The Bertz CT molecular complexity index is 423. The topological polar surface area (TPSA) is 44.8 Å². The highest BCUT2D eigenvalue weighted by atomic mass is 127. The van der Waals surface area contributed by atoms with Gasteiger partial charge in [0.2, 0.25) is 0 Å². The largest absolute Gasteiger partial charge is 0.497 e. The minimum absolute atomic E-state index is 0.111. The van der Waals surface area contributed by atoms with E-state index in [1.807, 2.05) is 32.9 Å². The number of carbonyl (C=O) groups excluding carboxylic acids is 1. The van der Waals surface area contributed by atoms with E-state index in [0.717, 1.165) is 3.57 Å². The van der Waals surface area contributed by atoms with Crippen LogP contribution in [0.3, 0.4) is 0 Å². The Morgan fingerprint density at radius 3 is 2.56 bits per heavy atom. The molecule has 0 bridgehead atoms. The van der Waals surface area contributed by atoms with Gasteiger partial charge in [-0.2, -0.15) is 0 Å². The zero-order valence-electron chi connectivity index (χ0n) is 11.0. The molecule has 0 radical (unpaired) electrons. The number of esters is 1. The van der Waals surface area contributed by atoms with E-state index in [2.05, 4.69) is 22.6 Å². The second-order valence-corrected chi connectivity index (χ2v) is 5.83. The lowest BCUT2D eigenvalue weighted by molar-refractivity contribution is -0.157. The Labute approximate surface area is 121 Å². The van der Waals surface area contributed by atoms with E-state index in [0.29, 0.717) is 11.5 Å². The first-order valence-electron chi connectivity index (χ1n) is 5.50. The number of halogens is 1. The summed E-state index contributed by atoms with van der Waals surface area (Å²) in [7, 11) is 1.58. The Kier molecular flexibility index (Phi) is 5.25. The molecule has 0 N–H and O–H groups in total. The van der Waals surface area contributed by atoms with Crippen molar-refractivity contribution in [3.63, 3.8) is 0 Å². The van der Waals surface area contributed by atoms with Gasteiger partial charge in [0.25, 0.3) is 0 Å². The summed E-state index contributed by atoms with van der Waals surface area (Å²) in [6, 6.07) is 5.44. The van der Waals surface area contributed by atoms with Crippen molar-refractivity contribution in [1.82, 2.24) is 0 Å². The van der Waals surface area contributed by atoms with Crippen molar-refractivity contribution >= 4 is 28.6 Å². The number of carbonyl (C=O) groups is 1. The predicted octanol–water partition coefficient (Wildman–Crippen LogP) is 3.02. The number of rotatable bonds is 4. The maximum absolute atomic E-state index is 11.5.